The van der Waals surface area contributed by atoms with Crippen molar-refractivity contribution in [2.24, 2.45) is 0 Å². The molecule has 140 valence electrons. The first-order valence-electron chi connectivity index (χ1n) is 8.25. The summed E-state index contributed by atoms with van der Waals surface area (Å²) in [6.45, 7) is -0.469. The standard InChI is InChI=1S/C20H13ClN2O3S2/c21-14-5-2-1-4-12(14)7-8-16-22-19-18(20(26)23(16)10-17(24)25)13(11-28-19)15-6-3-9-27-15/h1-9,11H,10H2,(H,24,25). The van der Waals surface area contributed by atoms with Gasteiger partial charge in [0.1, 0.15) is 17.2 Å². The average molecular weight is 429 g/mol. The molecule has 4 aromatic rings. The van der Waals surface area contributed by atoms with Gasteiger partial charge in [-0.15, -0.1) is 22.7 Å². The van der Waals surface area contributed by atoms with Crippen LogP contribution >= 0.6 is 34.3 Å². The van der Waals surface area contributed by atoms with Gasteiger partial charge >= 0.3 is 5.97 Å². The number of carboxylic acid groups (broad SMARTS) is 1. The van der Waals surface area contributed by atoms with Gasteiger partial charge in [-0.25, -0.2) is 4.98 Å². The van der Waals surface area contributed by atoms with E-state index in [1.165, 1.54) is 27.2 Å². The van der Waals surface area contributed by atoms with E-state index in [-0.39, 0.29) is 11.4 Å². The topological polar surface area (TPSA) is 72.2 Å². The Hall–Kier alpha value is -2.74. The van der Waals surface area contributed by atoms with Crippen molar-refractivity contribution >= 4 is 62.6 Å². The van der Waals surface area contributed by atoms with Gasteiger partial charge in [0.2, 0.25) is 0 Å². The van der Waals surface area contributed by atoms with Crippen molar-refractivity contribution in [3.8, 4) is 10.4 Å². The minimum absolute atomic E-state index is 0.277. The largest absolute Gasteiger partial charge is 0.480 e. The molecule has 28 heavy (non-hydrogen) atoms. The summed E-state index contributed by atoms with van der Waals surface area (Å²) < 4.78 is 1.18. The monoisotopic (exact) mass is 428 g/mol. The molecule has 0 amide bonds. The number of hydrogen-bond donors (Lipinski definition) is 1. The fourth-order valence-electron chi connectivity index (χ4n) is 2.84. The van der Waals surface area contributed by atoms with Crippen LogP contribution in [0.5, 0.6) is 0 Å². The molecule has 3 aromatic heterocycles. The van der Waals surface area contributed by atoms with E-state index in [0.717, 1.165) is 16.0 Å². The number of carboxylic acids is 1. The first-order chi connectivity index (χ1) is 13.5. The molecule has 1 aromatic carbocycles. The molecule has 5 nitrogen and oxygen atoms in total. The lowest BCUT2D eigenvalue weighted by Crippen LogP contribution is -2.27. The normalized spacial score (nSPS) is 11.5. The third kappa shape index (κ3) is 3.52. The molecule has 0 bridgehead atoms. The number of rotatable bonds is 5. The highest BCUT2D eigenvalue weighted by Crippen LogP contribution is 2.33. The molecular formula is C20H13ClN2O3S2. The Labute approximate surface area is 172 Å². The maximum atomic E-state index is 13.2. The molecule has 0 fully saturated rings. The fourth-order valence-corrected chi connectivity index (χ4v) is 4.80. The van der Waals surface area contributed by atoms with E-state index in [2.05, 4.69) is 4.98 Å². The van der Waals surface area contributed by atoms with Gasteiger partial charge in [0, 0.05) is 20.8 Å². The highest BCUT2D eigenvalue weighted by atomic mass is 35.5. The molecule has 0 saturated carbocycles. The number of thiophene rings is 2. The molecule has 3 heterocycles. The van der Waals surface area contributed by atoms with Crippen molar-refractivity contribution in [1.82, 2.24) is 9.55 Å². The lowest BCUT2D eigenvalue weighted by atomic mass is 10.2. The molecule has 1 N–H and O–H groups in total. The van der Waals surface area contributed by atoms with Crippen LogP contribution in [0.4, 0.5) is 0 Å². The summed E-state index contributed by atoms with van der Waals surface area (Å²) >= 11 is 9.06. The maximum absolute atomic E-state index is 13.2. The first kappa shape index (κ1) is 18.6. The van der Waals surface area contributed by atoms with E-state index in [4.69, 9.17) is 11.6 Å². The van der Waals surface area contributed by atoms with Crippen LogP contribution < -0.4 is 5.56 Å². The molecule has 0 saturated heterocycles. The molecule has 0 aliphatic carbocycles. The Kier molecular flexibility index (Phi) is 5.13. The van der Waals surface area contributed by atoms with Crippen LogP contribution in [0, 0.1) is 0 Å². The van der Waals surface area contributed by atoms with Crippen molar-refractivity contribution < 1.29 is 9.90 Å². The van der Waals surface area contributed by atoms with Crippen molar-refractivity contribution in [3.05, 3.63) is 73.9 Å². The second-order valence-electron chi connectivity index (χ2n) is 5.92. The SMILES string of the molecule is O=C(O)Cn1c(C=Cc2ccccc2Cl)nc2scc(-c3cccs3)c2c1=O. The van der Waals surface area contributed by atoms with Gasteiger partial charge in [-0.05, 0) is 35.2 Å². The van der Waals surface area contributed by atoms with Crippen LogP contribution in [0.1, 0.15) is 11.4 Å². The fraction of sp³-hybridized carbons (Fsp3) is 0.0500. The third-order valence-electron chi connectivity index (χ3n) is 4.12. The first-order valence-corrected chi connectivity index (χ1v) is 10.4. The number of fused-ring (bicyclic) bond motifs is 1. The van der Waals surface area contributed by atoms with Gasteiger partial charge in [-0.1, -0.05) is 35.9 Å². The van der Waals surface area contributed by atoms with E-state index in [0.29, 0.717) is 15.2 Å². The van der Waals surface area contributed by atoms with Crippen LogP contribution in [0.25, 0.3) is 32.8 Å². The quantitative estimate of drug-likeness (QED) is 0.480. The van der Waals surface area contributed by atoms with Crippen LogP contribution in [-0.2, 0) is 11.3 Å². The van der Waals surface area contributed by atoms with E-state index in [1.807, 2.05) is 41.1 Å². The van der Waals surface area contributed by atoms with Gasteiger partial charge in [-0.2, -0.15) is 0 Å². The zero-order chi connectivity index (χ0) is 19.7. The summed E-state index contributed by atoms with van der Waals surface area (Å²) in [4.78, 5) is 30.6. The smallest absolute Gasteiger partial charge is 0.323 e. The summed E-state index contributed by atoms with van der Waals surface area (Å²) in [5.74, 6) is -0.831. The molecule has 0 spiro atoms. The van der Waals surface area contributed by atoms with Crippen LogP contribution in [0.15, 0.2) is 52.0 Å². The highest BCUT2D eigenvalue weighted by Gasteiger charge is 2.18. The summed E-state index contributed by atoms with van der Waals surface area (Å²) in [5, 5.41) is 14.1. The van der Waals surface area contributed by atoms with Crippen molar-refractivity contribution in [2.45, 2.75) is 6.54 Å². The lowest BCUT2D eigenvalue weighted by molar-refractivity contribution is -0.137. The Morgan fingerprint density at radius 2 is 2.00 bits per heavy atom. The number of aliphatic carboxylic acids is 1. The van der Waals surface area contributed by atoms with Gasteiger partial charge in [0.25, 0.3) is 5.56 Å². The number of halogens is 1. The lowest BCUT2D eigenvalue weighted by Gasteiger charge is -2.08. The van der Waals surface area contributed by atoms with E-state index >= 15 is 0 Å². The maximum Gasteiger partial charge on any atom is 0.323 e. The molecule has 8 heteroatoms. The van der Waals surface area contributed by atoms with E-state index in [9.17, 15) is 14.7 Å². The van der Waals surface area contributed by atoms with Crippen molar-refractivity contribution in [1.29, 1.82) is 0 Å². The van der Waals surface area contributed by atoms with E-state index < -0.39 is 12.5 Å². The third-order valence-corrected chi connectivity index (χ3v) is 6.24. The Morgan fingerprint density at radius 1 is 1.18 bits per heavy atom. The number of hydrogen-bond acceptors (Lipinski definition) is 5. The summed E-state index contributed by atoms with van der Waals surface area (Å²) in [6.07, 6.45) is 3.34. The number of nitrogens with zero attached hydrogens (tertiary/aromatic N) is 2. The number of aromatic nitrogens is 2. The molecule has 0 aliphatic rings. The Balaban J connectivity index is 1.90. The van der Waals surface area contributed by atoms with Crippen LogP contribution in [-0.4, -0.2) is 20.6 Å². The Bertz CT molecular complexity index is 1260. The van der Waals surface area contributed by atoms with Crippen LogP contribution in [0.3, 0.4) is 0 Å². The molecule has 0 radical (unpaired) electrons. The molecule has 0 atom stereocenters. The number of benzene rings is 1. The minimum Gasteiger partial charge on any atom is -0.480 e. The zero-order valence-corrected chi connectivity index (χ0v) is 16.7. The van der Waals surface area contributed by atoms with Crippen molar-refractivity contribution in [3.63, 3.8) is 0 Å². The van der Waals surface area contributed by atoms with Gasteiger partial charge < -0.3 is 5.11 Å². The molecule has 0 unspecified atom stereocenters. The molecular weight excluding hydrogens is 416 g/mol. The predicted molar refractivity (Wildman–Crippen MR) is 115 cm³/mol. The van der Waals surface area contributed by atoms with Gasteiger partial charge in [-0.3, -0.25) is 14.2 Å². The summed E-state index contributed by atoms with van der Waals surface area (Å²) in [5.41, 5.74) is 1.18. The van der Waals surface area contributed by atoms with Crippen molar-refractivity contribution in [2.75, 3.05) is 0 Å². The predicted octanol–water partition coefficient (Wildman–Crippen LogP) is 5.09. The highest BCUT2D eigenvalue weighted by molar-refractivity contribution is 7.18. The second-order valence-corrected chi connectivity index (χ2v) is 8.13. The van der Waals surface area contributed by atoms with E-state index in [1.54, 1.807) is 18.2 Å². The average Bonchev–Trinajstić information content (AvgIpc) is 3.33. The zero-order valence-electron chi connectivity index (χ0n) is 14.3. The summed E-state index contributed by atoms with van der Waals surface area (Å²) in [6, 6.07) is 11.1. The summed E-state index contributed by atoms with van der Waals surface area (Å²) in [7, 11) is 0. The van der Waals surface area contributed by atoms with Gasteiger partial charge in [0.05, 0.1) is 5.39 Å². The Morgan fingerprint density at radius 3 is 2.71 bits per heavy atom. The molecule has 0 aliphatic heterocycles. The van der Waals surface area contributed by atoms with Gasteiger partial charge in [0.15, 0.2) is 0 Å². The number of carbonyl (C=O) groups is 1. The minimum atomic E-state index is -1.11. The second kappa shape index (κ2) is 7.71. The van der Waals surface area contributed by atoms with Crippen LogP contribution in [0.2, 0.25) is 5.02 Å². The molecule has 4 rings (SSSR count).